The van der Waals surface area contributed by atoms with E-state index in [0.29, 0.717) is 11.5 Å². The second-order valence-electron chi connectivity index (χ2n) is 7.72. The standard InChI is InChI=1S/C20H29N3O/c1-7-17-16(13-23(6)22-17)19(24)21-18-11-9-8-10-15(18)14(2)12-20(3,4)5/h8-11,13-14H,7,12H2,1-6H3,(H,21,24). The molecule has 24 heavy (non-hydrogen) atoms. The molecule has 1 unspecified atom stereocenters. The van der Waals surface area contributed by atoms with Gasteiger partial charge in [0.25, 0.3) is 5.91 Å². The lowest BCUT2D eigenvalue weighted by Gasteiger charge is -2.25. The van der Waals surface area contributed by atoms with Crippen LogP contribution in [0.15, 0.2) is 30.5 Å². The third-order valence-corrected chi connectivity index (χ3v) is 4.14. The summed E-state index contributed by atoms with van der Waals surface area (Å²) in [6, 6.07) is 8.09. The first-order valence-electron chi connectivity index (χ1n) is 8.64. The molecule has 0 bridgehead atoms. The summed E-state index contributed by atoms with van der Waals surface area (Å²) in [7, 11) is 1.84. The van der Waals surface area contributed by atoms with Crippen LogP contribution in [0, 0.1) is 5.41 Å². The number of anilines is 1. The van der Waals surface area contributed by atoms with Gasteiger partial charge in [0.1, 0.15) is 0 Å². The van der Waals surface area contributed by atoms with Gasteiger partial charge in [0.2, 0.25) is 0 Å². The summed E-state index contributed by atoms with van der Waals surface area (Å²) in [6.45, 7) is 11.0. The Bertz CT molecular complexity index is 710. The fourth-order valence-corrected chi connectivity index (χ4v) is 3.24. The largest absolute Gasteiger partial charge is 0.322 e. The van der Waals surface area contributed by atoms with E-state index in [1.165, 1.54) is 5.56 Å². The Balaban J connectivity index is 2.25. The molecule has 0 radical (unpaired) electrons. The van der Waals surface area contributed by atoms with E-state index < -0.39 is 0 Å². The van der Waals surface area contributed by atoms with Crippen LogP contribution in [0.3, 0.4) is 0 Å². The number of para-hydroxylation sites is 1. The van der Waals surface area contributed by atoms with Gasteiger partial charge in [-0.2, -0.15) is 5.10 Å². The van der Waals surface area contributed by atoms with E-state index in [9.17, 15) is 4.79 Å². The van der Waals surface area contributed by atoms with E-state index >= 15 is 0 Å². The van der Waals surface area contributed by atoms with Crippen LogP contribution in [0.4, 0.5) is 5.69 Å². The molecule has 0 aliphatic rings. The quantitative estimate of drug-likeness (QED) is 0.859. The summed E-state index contributed by atoms with van der Waals surface area (Å²) in [5.41, 5.74) is 3.80. The van der Waals surface area contributed by atoms with Crippen LogP contribution in [0.25, 0.3) is 0 Å². The smallest absolute Gasteiger partial charge is 0.259 e. The Morgan fingerprint density at radius 1 is 1.29 bits per heavy atom. The zero-order valence-corrected chi connectivity index (χ0v) is 15.7. The topological polar surface area (TPSA) is 46.9 Å². The second-order valence-corrected chi connectivity index (χ2v) is 7.72. The molecule has 0 saturated heterocycles. The van der Waals surface area contributed by atoms with Crippen LogP contribution < -0.4 is 5.32 Å². The Morgan fingerprint density at radius 3 is 2.58 bits per heavy atom. The number of nitrogens with one attached hydrogen (secondary N) is 1. The number of aryl methyl sites for hydroxylation is 2. The van der Waals surface area contributed by atoms with Crippen LogP contribution >= 0.6 is 0 Å². The normalized spacial score (nSPS) is 12.9. The van der Waals surface area contributed by atoms with Crippen molar-refractivity contribution in [2.45, 2.75) is 53.4 Å². The Morgan fingerprint density at radius 2 is 1.96 bits per heavy atom. The Kier molecular flexibility index (Phi) is 5.47. The van der Waals surface area contributed by atoms with Crippen LogP contribution in [-0.2, 0) is 13.5 Å². The van der Waals surface area contributed by atoms with Gasteiger partial charge in [-0.3, -0.25) is 9.48 Å². The van der Waals surface area contributed by atoms with Crippen molar-refractivity contribution in [2.24, 2.45) is 12.5 Å². The van der Waals surface area contributed by atoms with Gasteiger partial charge in [-0.15, -0.1) is 0 Å². The summed E-state index contributed by atoms with van der Waals surface area (Å²) < 4.78 is 1.70. The third-order valence-electron chi connectivity index (χ3n) is 4.14. The number of carbonyl (C=O) groups is 1. The number of benzene rings is 1. The fraction of sp³-hybridized carbons (Fsp3) is 0.500. The molecule has 4 nitrogen and oxygen atoms in total. The highest BCUT2D eigenvalue weighted by Crippen LogP contribution is 2.34. The number of aromatic nitrogens is 2. The summed E-state index contributed by atoms with van der Waals surface area (Å²) >= 11 is 0. The molecular formula is C20H29N3O. The number of nitrogens with zero attached hydrogens (tertiary/aromatic N) is 2. The number of hydrogen-bond donors (Lipinski definition) is 1. The zero-order chi connectivity index (χ0) is 17.9. The van der Waals surface area contributed by atoms with Crippen LogP contribution in [0.1, 0.15) is 68.6 Å². The maximum atomic E-state index is 12.7. The predicted molar refractivity (Wildman–Crippen MR) is 99.5 cm³/mol. The summed E-state index contributed by atoms with van der Waals surface area (Å²) in [5, 5.41) is 7.44. The van der Waals surface area contributed by atoms with Gasteiger partial charge in [0, 0.05) is 18.9 Å². The molecule has 4 heteroatoms. The lowest BCUT2D eigenvalue weighted by molar-refractivity contribution is 0.102. The van der Waals surface area contributed by atoms with Gasteiger partial charge >= 0.3 is 0 Å². The molecule has 1 aromatic carbocycles. The van der Waals surface area contributed by atoms with Crippen molar-refractivity contribution >= 4 is 11.6 Å². The molecule has 0 fully saturated rings. The molecule has 2 aromatic rings. The summed E-state index contributed by atoms with van der Waals surface area (Å²) in [6.07, 6.45) is 3.59. The van der Waals surface area contributed by atoms with E-state index in [4.69, 9.17) is 0 Å². The van der Waals surface area contributed by atoms with Gasteiger partial charge < -0.3 is 5.32 Å². The molecule has 1 N–H and O–H groups in total. The lowest BCUT2D eigenvalue weighted by atomic mass is 9.82. The maximum Gasteiger partial charge on any atom is 0.259 e. The minimum Gasteiger partial charge on any atom is -0.322 e. The molecule has 2 rings (SSSR count). The van der Waals surface area contributed by atoms with Crippen LogP contribution in [0.2, 0.25) is 0 Å². The van der Waals surface area contributed by atoms with E-state index in [-0.39, 0.29) is 11.3 Å². The van der Waals surface area contributed by atoms with E-state index in [2.05, 4.69) is 44.2 Å². The Hall–Kier alpha value is -2.10. The number of rotatable bonds is 5. The molecule has 1 heterocycles. The molecule has 0 saturated carbocycles. The fourth-order valence-electron chi connectivity index (χ4n) is 3.24. The minimum atomic E-state index is -0.0876. The zero-order valence-electron chi connectivity index (χ0n) is 15.7. The van der Waals surface area contributed by atoms with Crippen molar-refractivity contribution in [1.29, 1.82) is 0 Å². The molecule has 1 atom stereocenters. The SMILES string of the molecule is CCc1nn(C)cc1C(=O)Nc1ccccc1C(C)CC(C)(C)C. The van der Waals surface area contributed by atoms with Crippen molar-refractivity contribution < 1.29 is 4.79 Å². The molecule has 0 spiro atoms. The van der Waals surface area contributed by atoms with E-state index in [1.54, 1.807) is 10.9 Å². The van der Waals surface area contributed by atoms with Gasteiger partial charge in [0.15, 0.2) is 0 Å². The highest BCUT2D eigenvalue weighted by atomic mass is 16.1. The molecule has 1 aromatic heterocycles. The van der Waals surface area contributed by atoms with Crippen molar-refractivity contribution in [1.82, 2.24) is 9.78 Å². The first kappa shape index (κ1) is 18.2. The lowest BCUT2D eigenvalue weighted by Crippen LogP contribution is -2.16. The average molecular weight is 327 g/mol. The molecule has 0 aliphatic carbocycles. The van der Waals surface area contributed by atoms with Gasteiger partial charge in [-0.1, -0.05) is 52.8 Å². The van der Waals surface area contributed by atoms with Crippen LogP contribution in [-0.4, -0.2) is 15.7 Å². The molecule has 1 amide bonds. The third kappa shape index (κ3) is 4.47. The van der Waals surface area contributed by atoms with Gasteiger partial charge in [-0.05, 0) is 35.8 Å². The van der Waals surface area contributed by atoms with Crippen molar-refractivity contribution in [2.75, 3.05) is 5.32 Å². The molecular weight excluding hydrogens is 298 g/mol. The van der Waals surface area contributed by atoms with E-state index in [0.717, 1.165) is 24.2 Å². The monoisotopic (exact) mass is 327 g/mol. The van der Waals surface area contributed by atoms with Crippen LogP contribution in [0.5, 0.6) is 0 Å². The first-order valence-corrected chi connectivity index (χ1v) is 8.64. The van der Waals surface area contributed by atoms with Gasteiger partial charge in [0.05, 0.1) is 11.3 Å². The van der Waals surface area contributed by atoms with Crippen molar-refractivity contribution in [3.05, 3.63) is 47.3 Å². The van der Waals surface area contributed by atoms with Crippen molar-refractivity contribution in [3.63, 3.8) is 0 Å². The predicted octanol–water partition coefficient (Wildman–Crippen LogP) is 4.77. The van der Waals surface area contributed by atoms with E-state index in [1.807, 2.05) is 32.2 Å². The maximum absolute atomic E-state index is 12.7. The second kappa shape index (κ2) is 7.20. The first-order chi connectivity index (χ1) is 11.2. The summed E-state index contributed by atoms with van der Waals surface area (Å²) in [4.78, 5) is 12.7. The number of carbonyl (C=O) groups excluding carboxylic acids is 1. The van der Waals surface area contributed by atoms with Crippen molar-refractivity contribution in [3.8, 4) is 0 Å². The highest BCUT2D eigenvalue weighted by molar-refractivity contribution is 6.05. The number of hydrogen-bond acceptors (Lipinski definition) is 2. The molecule has 0 aliphatic heterocycles. The Labute approximate surface area is 145 Å². The highest BCUT2D eigenvalue weighted by Gasteiger charge is 2.20. The summed E-state index contributed by atoms with van der Waals surface area (Å²) in [5.74, 6) is 0.288. The van der Waals surface area contributed by atoms with Gasteiger partial charge in [-0.25, -0.2) is 0 Å². The average Bonchev–Trinajstić information content (AvgIpc) is 2.87. The minimum absolute atomic E-state index is 0.0876. The number of amides is 1. The molecule has 130 valence electrons.